The Morgan fingerprint density at radius 2 is 1.91 bits per heavy atom. The number of anilines is 2. The summed E-state index contributed by atoms with van der Waals surface area (Å²) in [4.78, 5) is 8.65. The van der Waals surface area contributed by atoms with Crippen molar-refractivity contribution in [3.05, 3.63) is 54.2 Å². The fourth-order valence-electron chi connectivity index (χ4n) is 3.65. The molecule has 3 aromatic heterocycles. The molecule has 1 aliphatic rings. The number of aliphatic hydroxyl groups is 1. The number of hydrogen-bond donors (Lipinski definition) is 2. The van der Waals surface area contributed by atoms with E-state index in [0.717, 1.165) is 43.2 Å². The van der Waals surface area contributed by atoms with Crippen LogP contribution in [0.25, 0.3) is 0 Å². The molecule has 0 atom stereocenters. The predicted octanol–water partition coefficient (Wildman–Crippen LogP) is 4.91. The van der Waals surface area contributed by atoms with E-state index in [9.17, 15) is 5.11 Å². The Balaban J connectivity index is 1.56. The van der Waals surface area contributed by atoms with E-state index in [0.29, 0.717) is 23.2 Å². The highest BCUT2D eigenvalue weighted by Crippen LogP contribution is 2.36. The van der Waals surface area contributed by atoms with Crippen LogP contribution in [-0.2, 0) is 10.3 Å². The fourth-order valence-corrected chi connectivity index (χ4v) is 3.65. The van der Waals surface area contributed by atoms with Crippen molar-refractivity contribution in [1.82, 2.24) is 19.7 Å². The van der Waals surface area contributed by atoms with Crippen LogP contribution in [0.2, 0.25) is 0 Å². The number of rotatable bonds is 7. The lowest BCUT2D eigenvalue weighted by Gasteiger charge is -2.21. The van der Waals surface area contributed by atoms with Gasteiger partial charge in [0, 0.05) is 49.3 Å². The van der Waals surface area contributed by atoms with Crippen molar-refractivity contribution in [3.8, 4) is 11.5 Å². The summed E-state index contributed by atoms with van der Waals surface area (Å²) in [7, 11) is 0. The summed E-state index contributed by atoms with van der Waals surface area (Å²) in [5, 5.41) is 18.3. The van der Waals surface area contributed by atoms with Crippen LogP contribution in [0.3, 0.4) is 0 Å². The van der Waals surface area contributed by atoms with E-state index in [4.69, 9.17) is 14.6 Å². The molecule has 0 amide bonds. The normalized spacial score (nSPS) is 15.2. The summed E-state index contributed by atoms with van der Waals surface area (Å²) < 4.78 is 13.8. The van der Waals surface area contributed by atoms with Crippen LogP contribution >= 0.6 is 0 Å². The average molecular weight is 438 g/mol. The lowest BCUT2D eigenvalue weighted by Crippen LogP contribution is -2.17. The molecule has 3 aromatic rings. The maximum atomic E-state index is 10.2. The second kappa shape index (κ2) is 9.26. The SMILES string of the molecule is CC(C)n1cc(Oc2ccnc(Nc3ccnc(C(C)(C)O)c3)c2)c(C2CCOCC2)n1. The van der Waals surface area contributed by atoms with E-state index in [-0.39, 0.29) is 6.04 Å². The van der Waals surface area contributed by atoms with E-state index in [2.05, 4.69) is 29.1 Å². The maximum Gasteiger partial charge on any atom is 0.168 e. The standard InChI is InChI=1S/C24H31N5O3/c1-16(2)29-15-20(23(28-29)17-7-11-31-12-8-17)32-19-6-10-26-22(14-19)27-18-5-9-25-21(13-18)24(3,4)30/h5-6,9-10,13-17,30H,7-8,11-12H2,1-4H3,(H,25,26,27). The van der Waals surface area contributed by atoms with E-state index < -0.39 is 5.60 Å². The van der Waals surface area contributed by atoms with E-state index in [1.165, 1.54) is 0 Å². The highest BCUT2D eigenvalue weighted by atomic mass is 16.5. The second-order valence-electron chi connectivity index (χ2n) is 8.93. The minimum Gasteiger partial charge on any atom is -0.454 e. The van der Waals surface area contributed by atoms with Crippen molar-refractivity contribution in [3.63, 3.8) is 0 Å². The molecule has 0 spiro atoms. The lowest BCUT2D eigenvalue weighted by molar-refractivity contribution is 0.0739. The van der Waals surface area contributed by atoms with E-state index in [1.54, 1.807) is 26.2 Å². The van der Waals surface area contributed by atoms with Crippen molar-refractivity contribution >= 4 is 11.5 Å². The smallest absolute Gasteiger partial charge is 0.168 e. The van der Waals surface area contributed by atoms with Gasteiger partial charge in [0.2, 0.25) is 0 Å². The summed E-state index contributed by atoms with van der Waals surface area (Å²) in [5.41, 5.74) is 1.33. The molecule has 0 aliphatic carbocycles. The number of hydrogen-bond acceptors (Lipinski definition) is 7. The Kier molecular flexibility index (Phi) is 6.43. The molecule has 1 saturated heterocycles. The molecule has 8 nitrogen and oxygen atoms in total. The van der Waals surface area contributed by atoms with Gasteiger partial charge in [0.1, 0.15) is 22.9 Å². The number of aromatic nitrogens is 4. The molecule has 1 fully saturated rings. The molecule has 8 heteroatoms. The second-order valence-corrected chi connectivity index (χ2v) is 8.93. The van der Waals surface area contributed by atoms with Gasteiger partial charge in [-0.25, -0.2) is 4.98 Å². The number of ether oxygens (including phenoxy) is 2. The molecular formula is C24H31N5O3. The summed E-state index contributed by atoms with van der Waals surface area (Å²) in [5.74, 6) is 2.42. The molecule has 2 N–H and O–H groups in total. The first-order chi connectivity index (χ1) is 15.3. The van der Waals surface area contributed by atoms with E-state index >= 15 is 0 Å². The molecular weight excluding hydrogens is 406 g/mol. The van der Waals surface area contributed by atoms with Crippen LogP contribution in [0.5, 0.6) is 11.5 Å². The van der Waals surface area contributed by atoms with Crippen molar-refractivity contribution in [2.24, 2.45) is 0 Å². The Labute approximate surface area is 188 Å². The van der Waals surface area contributed by atoms with Crippen molar-refractivity contribution in [1.29, 1.82) is 0 Å². The van der Waals surface area contributed by atoms with Gasteiger partial charge in [-0.3, -0.25) is 9.67 Å². The van der Waals surface area contributed by atoms with Gasteiger partial charge >= 0.3 is 0 Å². The Morgan fingerprint density at radius 3 is 2.62 bits per heavy atom. The zero-order chi connectivity index (χ0) is 22.7. The van der Waals surface area contributed by atoms with Crippen LogP contribution in [0, 0.1) is 0 Å². The van der Waals surface area contributed by atoms with Crippen LogP contribution in [-0.4, -0.2) is 38.1 Å². The molecule has 0 unspecified atom stereocenters. The minimum atomic E-state index is -1.02. The Morgan fingerprint density at radius 1 is 1.16 bits per heavy atom. The van der Waals surface area contributed by atoms with Gasteiger partial charge in [-0.05, 0) is 58.7 Å². The van der Waals surface area contributed by atoms with Crippen molar-refractivity contribution in [2.75, 3.05) is 18.5 Å². The molecule has 0 bridgehead atoms. The van der Waals surface area contributed by atoms with Crippen LogP contribution in [0.15, 0.2) is 42.9 Å². The molecule has 4 rings (SSSR count). The third-order valence-electron chi connectivity index (χ3n) is 5.48. The van der Waals surface area contributed by atoms with Gasteiger partial charge in [0.15, 0.2) is 5.75 Å². The summed E-state index contributed by atoms with van der Waals surface area (Å²) in [6.07, 6.45) is 7.23. The summed E-state index contributed by atoms with van der Waals surface area (Å²) in [6, 6.07) is 7.58. The molecule has 0 aromatic carbocycles. The third kappa shape index (κ3) is 5.26. The number of pyridine rings is 2. The van der Waals surface area contributed by atoms with Crippen LogP contribution in [0.4, 0.5) is 11.5 Å². The zero-order valence-electron chi connectivity index (χ0n) is 19.1. The first-order valence-corrected chi connectivity index (χ1v) is 11.1. The molecule has 0 radical (unpaired) electrons. The van der Waals surface area contributed by atoms with Gasteiger partial charge in [-0.1, -0.05) is 0 Å². The molecule has 1 aliphatic heterocycles. The summed E-state index contributed by atoms with van der Waals surface area (Å²) in [6.45, 7) is 9.13. The average Bonchev–Trinajstić information content (AvgIpc) is 3.18. The monoisotopic (exact) mass is 437 g/mol. The minimum absolute atomic E-state index is 0.247. The third-order valence-corrected chi connectivity index (χ3v) is 5.48. The van der Waals surface area contributed by atoms with Gasteiger partial charge in [0.25, 0.3) is 0 Å². The molecule has 170 valence electrons. The molecule has 4 heterocycles. The highest BCUT2D eigenvalue weighted by molar-refractivity contribution is 5.58. The van der Waals surface area contributed by atoms with Crippen LogP contribution < -0.4 is 10.1 Å². The topological polar surface area (TPSA) is 94.3 Å². The lowest BCUT2D eigenvalue weighted by atomic mass is 9.96. The van der Waals surface area contributed by atoms with Gasteiger partial charge in [-0.15, -0.1) is 0 Å². The zero-order valence-corrected chi connectivity index (χ0v) is 19.1. The number of nitrogens with one attached hydrogen (secondary N) is 1. The Hall–Kier alpha value is -2.97. The quantitative estimate of drug-likeness (QED) is 0.542. The highest BCUT2D eigenvalue weighted by Gasteiger charge is 2.24. The predicted molar refractivity (Wildman–Crippen MR) is 122 cm³/mol. The number of nitrogens with zero attached hydrogens (tertiary/aromatic N) is 4. The van der Waals surface area contributed by atoms with Crippen molar-refractivity contribution < 1.29 is 14.6 Å². The van der Waals surface area contributed by atoms with Gasteiger partial charge in [-0.2, -0.15) is 5.10 Å². The van der Waals surface area contributed by atoms with Gasteiger partial charge < -0.3 is 19.9 Å². The van der Waals surface area contributed by atoms with Gasteiger partial charge in [0.05, 0.1) is 11.9 Å². The molecule has 0 saturated carbocycles. The first kappa shape index (κ1) is 22.2. The fraction of sp³-hybridized carbons (Fsp3) is 0.458. The van der Waals surface area contributed by atoms with Crippen LogP contribution in [0.1, 0.15) is 63.9 Å². The maximum absolute atomic E-state index is 10.2. The summed E-state index contributed by atoms with van der Waals surface area (Å²) >= 11 is 0. The molecule has 32 heavy (non-hydrogen) atoms. The largest absolute Gasteiger partial charge is 0.454 e. The van der Waals surface area contributed by atoms with E-state index in [1.807, 2.05) is 35.1 Å². The first-order valence-electron chi connectivity index (χ1n) is 11.1. The Bertz CT molecular complexity index is 1050. The van der Waals surface area contributed by atoms with Crippen molar-refractivity contribution in [2.45, 2.75) is 58.1 Å².